The topological polar surface area (TPSA) is 73.8 Å². The Morgan fingerprint density at radius 2 is 2.38 bits per heavy atom. The maximum Gasteiger partial charge on any atom is 0.271 e. The van der Waals surface area contributed by atoms with Crippen LogP contribution < -0.4 is 5.56 Å². The zero-order chi connectivity index (χ0) is 11.0. The van der Waals surface area contributed by atoms with Gasteiger partial charge in [0.2, 0.25) is 6.39 Å². The van der Waals surface area contributed by atoms with Crippen LogP contribution in [0.15, 0.2) is 33.5 Å². The highest BCUT2D eigenvalue weighted by molar-refractivity contribution is 7.17. The van der Waals surface area contributed by atoms with Crippen LogP contribution in [0, 0.1) is 0 Å². The molecule has 7 heteroatoms. The van der Waals surface area contributed by atoms with Gasteiger partial charge in [-0.2, -0.15) is 4.98 Å². The molecule has 0 fully saturated rings. The molecule has 0 saturated carbocycles. The first-order chi connectivity index (χ1) is 7.84. The SMILES string of the molecule is O=c1c2sccc2ncn1Cc1ncon1. The van der Waals surface area contributed by atoms with E-state index in [-0.39, 0.29) is 12.1 Å². The van der Waals surface area contributed by atoms with Crippen molar-refractivity contribution < 1.29 is 4.52 Å². The predicted octanol–water partition coefficient (Wildman–Crippen LogP) is 0.889. The van der Waals surface area contributed by atoms with Gasteiger partial charge in [-0.3, -0.25) is 9.36 Å². The van der Waals surface area contributed by atoms with E-state index >= 15 is 0 Å². The van der Waals surface area contributed by atoms with Gasteiger partial charge in [-0.05, 0) is 11.4 Å². The van der Waals surface area contributed by atoms with Crippen LogP contribution in [0.4, 0.5) is 0 Å². The summed E-state index contributed by atoms with van der Waals surface area (Å²) in [5, 5.41) is 5.50. The van der Waals surface area contributed by atoms with Crippen molar-refractivity contribution >= 4 is 21.6 Å². The highest BCUT2D eigenvalue weighted by atomic mass is 32.1. The van der Waals surface area contributed by atoms with E-state index < -0.39 is 0 Å². The van der Waals surface area contributed by atoms with Gasteiger partial charge in [-0.1, -0.05) is 5.16 Å². The Hall–Kier alpha value is -2.02. The fraction of sp³-hybridized carbons (Fsp3) is 0.111. The number of hydrogen-bond acceptors (Lipinski definition) is 6. The molecule has 0 spiro atoms. The van der Waals surface area contributed by atoms with Gasteiger partial charge >= 0.3 is 0 Å². The van der Waals surface area contributed by atoms with Crippen LogP contribution in [-0.2, 0) is 6.54 Å². The van der Waals surface area contributed by atoms with Gasteiger partial charge in [-0.15, -0.1) is 11.3 Å². The fourth-order valence-corrected chi connectivity index (χ4v) is 2.20. The minimum absolute atomic E-state index is 0.0789. The summed E-state index contributed by atoms with van der Waals surface area (Å²) in [7, 11) is 0. The minimum Gasteiger partial charge on any atom is -0.343 e. The molecular weight excluding hydrogens is 228 g/mol. The normalized spacial score (nSPS) is 11.0. The molecule has 16 heavy (non-hydrogen) atoms. The van der Waals surface area contributed by atoms with Crippen LogP contribution >= 0.6 is 11.3 Å². The molecule has 0 saturated heterocycles. The highest BCUT2D eigenvalue weighted by Gasteiger charge is 2.07. The van der Waals surface area contributed by atoms with Crippen molar-refractivity contribution in [1.82, 2.24) is 19.7 Å². The lowest BCUT2D eigenvalue weighted by atomic mass is 10.4. The molecule has 0 N–H and O–H groups in total. The van der Waals surface area contributed by atoms with Crippen LogP contribution in [0.3, 0.4) is 0 Å². The summed E-state index contributed by atoms with van der Waals surface area (Å²) in [6, 6.07) is 1.82. The first kappa shape index (κ1) is 9.22. The molecule has 80 valence electrons. The molecule has 6 nitrogen and oxygen atoms in total. The number of thiophene rings is 1. The van der Waals surface area contributed by atoms with Crippen LogP contribution in [0.2, 0.25) is 0 Å². The summed E-state index contributed by atoms with van der Waals surface area (Å²) in [5.74, 6) is 0.458. The summed E-state index contributed by atoms with van der Waals surface area (Å²) < 4.78 is 6.71. The van der Waals surface area contributed by atoms with E-state index in [1.54, 1.807) is 0 Å². The molecule has 0 amide bonds. The van der Waals surface area contributed by atoms with E-state index in [4.69, 9.17) is 0 Å². The number of hydrogen-bond donors (Lipinski definition) is 0. The second-order valence-electron chi connectivity index (χ2n) is 3.16. The largest absolute Gasteiger partial charge is 0.343 e. The minimum atomic E-state index is -0.0789. The van der Waals surface area contributed by atoms with E-state index in [2.05, 4.69) is 19.6 Å². The number of rotatable bonds is 2. The summed E-state index contributed by atoms with van der Waals surface area (Å²) in [5.41, 5.74) is 0.643. The maximum absolute atomic E-state index is 12.0. The Morgan fingerprint density at radius 1 is 1.44 bits per heavy atom. The average molecular weight is 234 g/mol. The average Bonchev–Trinajstić information content (AvgIpc) is 2.93. The first-order valence-corrected chi connectivity index (χ1v) is 5.40. The van der Waals surface area contributed by atoms with Crippen molar-refractivity contribution in [2.75, 3.05) is 0 Å². The lowest BCUT2D eigenvalue weighted by Gasteiger charge is -2.00. The van der Waals surface area contributed by atoms with Gasteiger partial charge < -0.3 is 4.52 Å². The van der Waals surface area contributed by atoms with Crippen molar-refractivity contribution in [3.8, 4) is 0 Å². The highest BCUT2D eigenvalue weighted by Crippen LogP contribution is 2.13. The molecule has 3 aromatic rings. The van der Waals surface area contributed by atoms with Crippen LogP contribution in [-0.4, -0.2) is 19.7 Å². The summed E-state index contributed by atoms with van der Waals surface area (Å²) in [4.78, 5) is 20.0. The molecule has 0 atom stereocenters. The molecule has 0 radical (unpaired) electrons. The lowest BCUT2D eigenvalue weighted by molar-refractivity contribution is 0.408. The molecule has 0 bridgehead atoms. The van der Waals surface area contributed by atoms with Gasteiger partial charge in [0.1, 0.15) is 4.70 Å². The molecule has 0 aliphatic heterocycles. The van der Waals surface area contributed by atoms with E-state index in [9.17, 15) is 4.79 Å². The van der Waals surface area contributed by atoms with Crippen molar-refractivity contribution in [1.29, 1.82) is 0 Å². The van der Waals surface area contributed by atoms with Crippen LogP contribution in [0.1, 0.15) is 5.82 Å². The van der Waals surface area contributed by atoms with Crippen molar-refractivity contribution in [3.05, 3.63) is 40.3 Å². The van der Waals surface area contributed by atoms with E-state index in [1.165, 1.54) is 28.6 Å². The predicted molar refractivity (Wildman–Crippen MR) is 57.3 cm³/mol. The molecule has 0 aromatic carbocycles. The molecule has 0 unspecified atom stereocenters. The molecule has 0 aliphatic rings. The Morgan fingerprint density at radius 3 is 3.19 bits per heavy atom. The molecule has 3 rings (SSSR count). The van der Waals surface area contributed by atoms with E-state index in [0.29, 0.717) is 10.5 Å². The van der Waals surface area contributed by atoms with E-state index in [0.717, 1.165) is 5.52 Å². The molecule has 3 aromatic heterocycles. The second-order valence-corrected chi connectivity index (χ2v) is 4.08. The number of fused-ring (bicyclic) bond motifs is 1. The van der Waals surface area contributed by atoms with Crippen molar-refractivity contribution in [2.24, 2.45) is 0 Å². The Bertz CT molecular complexity index is 670. The summed E-state index contributed by atoms with van der Waals surface area (Å²) in [6.45, 7) is 0.274. The monoisotopic (exact) mass is 234 g/mol. The number of nitrogens with zero attached hydrogens (tertiary/aromatic N) is 4. The van der Waals surface area contributed by atoms with Gasteiger partial charge in [-0.25, -0.2) is 4.98 Å². The standard InChI is InChI=1S/C9H6N4O2S/c14-9-8-6(1-2-16-8)10-4-13(9)3-7-11-5-15-12-7/h1-2,4-5H,3H2. The fourth-order valence-electron chi connectivity index (χ4n) is 1.41. The third-order valence-electron chi connectivity index (χ3n) is 2.15. The van der Waals surface area contributed by atoms with Gasteiger partial charge in [0.05, 0.1) is 18.4 Å². The lowest BCUT2D eigenvalue weighted by Crippen LogP contribution is -2.20. The molecular formula is C9H6N4O2S. The quantitative estimate of drug-likeness (QED) is 0.658. The van der Waals surface area contributed by atoms with E-state index in [1.807, 2.05) is 11.4 Å². The van der Waals surface area contributed by atoms with Crippen LogP contribution in [0.5, 0.6) is 0 Å². The molecule has 0 aliphatic carbocycles. The second kappa shape index (κ2) is 3.53. The third kappa shape index (κ3) is 1.41. The first-order valence-electron chi connectivity index (χ1n) is 4.52. The smallest absolute Gasteiger partial charge is 0.271 e. The Labute approximate surface area is 93.2 Å². The van der Waals surface area contributed by atoms with Crippen LogP contribution in [0.25, 0.3) is 10.2 Å². The maximum atomic E-state index is 12.0. The van der Waals surface area contributed by atoms with Gasteiger partial charge in [0, 0.05) is 0 Å². The van der Waals surface area contributed by atoms with Gasteiger partial charge in [0.25, 0.3) is 5.56 Å². The Kier molecular flexibility index (Phi) is 2.03. The number of aromatic nitrogens is 4. The summed E-state index contributed by atoms with van der Waals surface area (Å²) >= 11 is 1.38. The van der Waals surface area contributed by atoms with Crippen molar-refractivity contribution in [2.45, 2.75) is 6.54 Å². The Balaban J connectivity index is 2.10. The van der Waals surface area contributed by atoms with Gasteiger partial charge in [0.15, 0.2) is 5.82 Å². The van der Waals surface area contributed by atoms with Crippen molar-refractivity contribution in [3.63, 3.8) is 0 Å². The third-order valence-corrected chi connectivity index (χ3v) is 3.05. The zero-order valence-corrected chi connectivity index (χ0v) is 8.85. The summed E-state index contributed by atoms with van der Waals surface area (Å²) in [6.07, 6.45) is 2.73. The molecule has 3 heterocycles. The zero-order valence-electron chi connectivity index (χ0n) is 8.03.